The zero-order chi connectivity index (χ0) is 14.5. The van der Waals surface area contributed by atoms with Crippen molar-refractivity contribution in [3.63, 3.8) is 0 Å². The van der Waals surface area contributed by atoms with Gasteiger partial charge in [-0.2, -0.15) is 4.98 Å². The lowest BCUT2D eigenvalue weighted by molar-refractivity contribution is 0.383. The molecule has 1 aliphatic heterocycles. The van der Waals surface area contributed by atoms with Gasteiger partial charge in [0.15, 0.2) is 11.7 Å². The number of nitrogens with zero attached hydrogens (tertiary/aromatic N) is 3. The predicted molar refractivity (Wildman–Crippen MR) is 85.1 cm³/mol. The van der Waals surface area contributed by atoms with Gasteiger partial charge < -0.3 is 15.8 Å². The molecule has 0 aromatic carbocycles. The maximum Gasteiger partial charge on any atom is 0.225 e. The second-order valence-corrected chi connectivity index (χ2v) is 5.42. The molecule has 20 heavy (non-hydrogen) atoms. The first-order valence-electron chi connectivity index (χ1n) is 6.81. The van der Waals surface area contributed by atoms with Gasteiger partial charge in [-0.15, -0.1) is 0 Å². The number of aliphatic imine (C=N–C) groups is 1. The number of alkyl halides is 1. The highest BCUT2D eigenvalue weighted by molar-refractivity contribution is 9.09. The third-order valence-corrected chi connectivity index (χ3v) is 3.67. The molecule has 3 N–H and O–H groups in total. The van der Waals surface area contributed by atoms with Crippen LogP contribution in [0.15, 0.2) is 4.99 Å². The van der Waals surface area contributed by atoms with Crippen LogP contribution < -0.4 is 11.1 Å². The molecular formula is C13H20BrN5O. The number of halogens is 1. The molecule has 1 atom stereocenters. The van der Waals surface area contributed by atoms with E-state index in [2.05, 4.69) is 43.1 Å². The highest BCUT2D eigenvalue weighted by Crippen LogP contribution is 2.40. The number of fused-ring (bicyclic) bond motifs is 1. The topological polar surface area (TPSA) is 85.4 Å². The molecular weight excluding hydrogens is 322 g/mol. The van der Waals surface area contributed by atoms with Crippen LogP contribution in [0.5, 0.6) is 0 Å². The van der Waals surface area contributed by atoms with E-state index in [0.717, 1.165) is 36.8 Å². The molecule has 0 spiro atoms. The largest absolute Gasteiger partial charge is 0.484 e. The number of nitrogens with one attached hydrogen (secondary N) is 1. The maximum absolute atomic E-state index is 5.99. The van der Waals surface area contributed by atoms with Gasteiger partial charge in [-0.3, -0.25) is 0 Å². The average Bonchev–Trinajstić information content (AvgIpc) is 2.79. The maximum atomic E-state index is 5.99. The molecule has 0 aliphatic carbocycles. The quantitative estimate of drug-likeness (QED) is 0.613. The number of hydrogen-bond acceptors (Lipinski definition) is 6. The van der Waals surface area contributed by atoms with Crippen molar-refractivity contribution >= 4 is 39.3 Å². The number of hydrogen-bond donors (Lipinski definition) is 2. The van der Waals surface area contributed by atoms with Crippen molar-refractivity contribution in [3.05, 3.63) is 5.69 Å². The molecule has 2 heterocycles. The minimum atomic E-state index is 0.0476. The van der Waals surface area contributed by atoms with Crippen LogP contribution in [0.2, 0.25) is 0 Å². The molecule has 0 fully saturated rings. The summed E-state index contributed by atoms with van der Waals surface area (Å²) < 4.78 is 5.34. The second kappa shape index (κ2) is 6.88. The van der Waals surface area contributed by atoms with Crippen molar-refractivity contribution in [2.75, 3.05) is 30.0 Å². The molecule has 1 aromatic heterocycles. The Labute approximate surface area is 127 Å². The van der Waals surface area contributed by atoms with E-state index >= 15 is 0 Å². The summed E-state index contributed by atoms with van der Waals surface area (Å²) in [5.74, 6) is 1.68. The summed E-state index contributed by atoms with van der Waals surface area (Å²) in [7, 11) is 1.62. The highest BCUT2D eigenvalue weighted by Gasteiger charge is 2.32. The normalized spacial score (nSPS) is 16.8. The lowest BCUT2D eigenvalue weighted by Gasteiger charge is -2.12. The highest BCUT2D eigenvalue weighted by atomic mass is 79.9. The van der Waals surface area contributed by atoms with Crippen LogP contribution in [-0.4, -0.2) is 34.9 Å². The Morgan fingerprint density at radius 1 is 1.40 bits per heavy atom. The average molecular weight is 342 g/mol. The lowest BCUT2D eigenvalue weighted by atomic mass is 10.0. The van der Waals surface area contributed by atoms with E-state index in [9.17, 15) is 0 Å². The molecule has 0 saturated carbocycles. The first-order chi connectivity index (χ1) is 9.71. The van der Waals surface area contributed by atoms with Gasteiger partial charge in [-0.05, 0) is 12.8 Å². The molecule has 1 aromatic rings. The SMILES string of the molecule is CCCCNc1nc(N)c2c(n1)C(CCBr)C(OC)=N2. The number of anilines is 2. The second-order valence-electron chi connectivity index (χ2n) is 4.63. The van der Waals surface area contributed by atoms with Gasteiger partial charge in [-0.1, -0.05) is 29.3 Å². The summed E-state index contributed by atoms with van der Waals surface area (Å²) in [6.45, 7) is 2.99. The van der Waals surface area contributed by atoms with Gasteiger partial charge >= 0.3 is 0 Å². The third kappa shape index (κ3) is 3.03. The molecule has 0 amide bonds. The van der Waals surface area contributed by atoms with Crippen LogP contribution in [0.25, 0.3) is 0 Å². The number of nitrogen functional groups attached to an aromatic ring is 1. The van der Waals surface area contributed by atoms with Crippen LogP contribution >= 0.6 is 15.9 Å². The Morgan fingerprint density at radius 3 is 2.85 bits per heavy atom. The molecule has 0 saturated heterocycles. The predicted octanol–water partition coefficient (Wildman–Crippen LogP) is 2.83. The number of methoxy groups -OCH3 is 1. The van der Waals surface area contributed by atoms with Crippen molar-refractivity contribution in [2.45, 2.75) is 32.1 Å². The van der Waals surface area contributed by atoms with Crippen LogP contribution in [0.4, 0.5) is 17.5 Å². The smallest absolute Gasteiger partial charge is 0.225 e. The van der Waals surface area contributed by atoms with E-state index in [1.54, 1.807) is 7.11 Å². The summed E-state index contributed by atoms with van der Waals surface area (Å²) in [4.78, 5) is 13.2. The summed E-state index contributed by atoms with van der Waals surface area (Å²) in [5, 5.41) is 4.06. The standard InChI is InChI=1S/C13H20BrN5O/c1-3-4-7-16-13-18-9-8(5-6-14)12(20-2)17-10(9)11(15)19-13/h8H,3-7H2,1-2H3,(H3,15,16,18,19). The molecule has 0 bridgehead atoms. The Bertz CT molecular complexity index is 506. The van der Waals surface area contributed by atoms with E-state index in [1.165, 1.54) is 0 Å². The number of rotatable bonds is 6. The van der Waals surface area contributed by atoms with Gasteiger partial charge in [-0.25, -0.2) is 9.98 Å². The molecule has 7 heteroatoms. The van der Waals surface area contributed by atoms with Gasteiger partial charge in [0.1, 0.15) is 5.69 Å². The summed E-state index contributed by atoms with van der Waals surface area (Å²) in [6, 6.07) is 0. The van der Waals surface area contributed by atoms with E-state index in [0.29, 0.717) is 23.4 Å². The minimum Gasteiger partial charge on any atom is -0.484 e. The molecule has 6 nitrogen and oxygen atoms in total. The number of ether oxygens (including phenoxy) is 1. The van der Waals surface area contributed by atoms with Crippen LogP contribution in [0.3, 0.4) is 0 Å². The first kappa shape index (κ1) is 15.0. The first-order valence-corrected chi connectivity index (χ1v) is 7.93. The lowest BCUT2D eigenvalue weighted by Crippen LogP contribution is -2.14. The van der Waals surface area contributed by atoms with E-state index in [-0.39, 0.29) is 5.92 Å². The molecule has 2 rings (SSSR count). The molecule has 1 unspecified atom stereocenters. The van der Waals surface area contributed by atoms with Gasteiger partial charge in [0.05, 0.1) is 18.7 Å². The zero-order valence-corrected chi connectivity index (χ0v) is 13.4. The van der Waals surface area contributed by atoms with E-state index < -0.39 is 0 Å². The van der Waals surface area contributed by atoms with Gasteiger partial charge in [0, 0.05) is 11.9 Å². The Hall–Kier alpha value is -1.37. The molecule has 110 valence electrons. The fourth-order valence-corrected chi connectivity index (χ4v) is 2.62. The summed E-state index contributed by atoms with van der Waals surface area (Å²) in [6.07, 6.45) is 3.06. The Morgan fingerprint density at radius 2 is 2.20 bits per heavy atom. The van der Waals surface area contributed by atoms with Gasteiger partial charge in [0.25, 0.3) is 0 Å². The fraction of sp³-hybridized carbons (Fsp3) is 0.615. The van der Waals surface area contributed by atoms with Crippen molar-refractivity contribution in [1.82, 2.24) is 9.97 Å². The number of aromatic nitrogens is 2. The van der Waals surface area contributed by atoms with Crippen molar-refractivity contribution in [3.8, 4) is 0 Å². The third-order valence-electron chi connectivity index (χ3n) is 3.21. The Kier molecular flexibility index (Phi) is 5.17. The van der Waals surface area contributed by atoms with Crippen molar-refractivity contribution in [2.24, 2.45) is 4.99 Å². The Balaban J connectivity index is 2.26. The monoisotopic (exact) mass is 341 g/mol. The summed E-state index contributed by atoms with van der Waals surface area (Å²) >= 11 is 3.46. The van der Waals surface area contributed by atoms with Crippen LogP contribution in [0, 0.1) is 0 Å². The zero-order valence-electron chi connectivity index (χ0n) is 11.8. The molecule has 0 radical (unpaired) electrons. The van der Waals surface area contributed by atoms with E-state index in [4.69, 9.17) is 10.5 Å². The van der Waals surface area contributed by atoms with E-state index in [1.807, 2.05) is 0 Å². The van der Waals surface area contributed by atoms with Crippen LogP contribution in [-0.2, 0) is 4.74 Å². The fourth-order valence-electron chi connectivity index (χ4n) is 2.17. The van der Waals surface area contributed by atoms with Crippen LogP contribution in [0.1, 0.15) is 37.8 Å². The molecule has 1 aliphatic rings. The minimum absolute atomic E-state index is 0.0476. The summed E-state index contributed by atoms with van der Waals surface area (Å²) in [5.41, 5.74) is 7.49. The van der Waals surface area contributed by atoms with Crippen molar-refractivity contribution in [1.29, 1.82) is 0 Å². The van der Waals surface area contributed by atoms with Crippen molar-refractivity contribution < 1.29 is 4.74 Å². The number of nitrogens with two attached hydrogens (primary N) is 1. The number of unbranched alkanes of at least 4 members (excludes halogenated alkanes) is 1. The van der Waals surface area contributed by atoms with Gasteiger partial charge in [0.2, 0.25) is 5.95 Å².